The number of hydrogen-bond donors (Lipinski definition) is 0. The molecule has 0 aliphatic heterocycles. The first-order valence-corrected chi connectivity index (χ1v) is 19.0. The predicted molar refractivity (Wildman–Crippen MR) is 220 cm³/mol. The summed E-state index contributed by atoms with van der Waals surface area (Å²) in [4.78, 5) is 20.2. The molecule has 7 aromatic carbocycles. The molecule has 0 spiro atoms. The average Bonchev–Trinajstić information content (AvgIpc) is 3.94. The highest BCUT2D eigenvalue weighted by Crippen LogP contribution is 2.40. The van der Waals surface area contributed by atoms with Crippen molar-refractivity contribution in [3.05, 3.63) is 158 Å². The van der Waals surface area contributed by atoms with Crippen LogP contribution in [0.15, 0.2) is 162 Å². The molecule has 4 heterocycles. The number of aromatic nitrogens is 4. The molecule has 248 valence electrons. The van der Waals surface area contributed by atoms with Crippen LogP contribution in [-0.4, -0.2) is 19.9 Å². The van der Waals surface area contributed by atoms with Gasteiger partial charge in [0.25, 0.3) is 0 Å². The standard InChI is InChI=1S/C46H26N4OS2/c1-2-9-28(10-3-1)43-48-44(31-21-23-33-32-11-4-6-15-39(32)52-41(33)26-31)50-45(49-43)34-12-8-14-38-42(34)35-25-30(22-24-37(35)51-38)27-17-19-29(20-18-27)46-47-36-13-5-7-16-40(36)53-46/h1-26H. The molecule has 4 aromatic heterocycles. The number of thiazole rings is 1. The lowest BCUT2D eigenvalue weighted by molar-refractivity contribution is 0.669. The number of para-hydroxylation sites is 1. The monoisotopic (exact) mass is 714 g/mol. The Balaban J connectivity index is 1.05. The van der Waals surface area contributed by atoms with Crippen molar-refractivity contribution in [1.82, 2.24) is 19.9 Å². The Morgan fingerprint density at radius 2 is 1.08 bits per heavy atom. The quantitative estimate of drug-likeness (QED) is 0.178. The predicted octanol–water partition coefficient (Wildman–Crippen LogP) is 13.1. The topological polar surface area (TPSA) is 64.7 Å². The molecule has 0 aliphatic rings. The largest absolute Gasteiger partial charge is 0.456 e. The van der Waals surface area contributed by atoms with Crippen LogP contribution in [-0.2, 0) is 0 Å². The van der Waals surface area contributed by atoms with Gasteiger partial charge in [0.15, 0.2) is 17.5 Å². The van der Waals surface area contributed by atoms with Crippen molar-refractivity contribution in [1.29, 1.82) is 0 Å². The van der Waals surface area contributed by atoms with Crippen molar-refractivity contribution < 1.29 is 4.42 Å². The van der Waals surface area contributed by atoms with E-state index in [0.717, 1.165) is 65.8 Å². The summed E-state index contributed by atoms with van der Waals surface area (Å²) in [6, 6.07) is 54.6. The van der Waals surface area contributed by atoms with Crippen molar-refractivity contribution in [2.24, 2.45) is 0 Å². The van der Waals surface area contributed by atoms with Crippen LogP contribution in [0.5, 0.6) is 0 Å². The van der Waals surface area contributed by atoms with Crippen molar-refractivity contribution in [3.63, 3.8) is 0 Å². The minimum atomic E-state index is 0.601. The fourth-order valence-corrected chi connectivity index (χ4v) is 9.32. The third-order valence-electron chi connectivity index (χ3n) is 9.80. The van der Waals surface area contributed by atoms with E-state index in [1.54, 1.807) is 22.7 Å². The number of furan rings is 1. The van der Waals surface area contributed by atoms with Crippen molar-refractivity contribution in [3.8, 4) is 55.9 Å². The zero-order chi connectivity index (χ0) is 34.9. The second kappa shape index (κ2) is 12.0. The average molecular weight is 715 g/mol. The number of nitrogens with zero attached hydrogens (tertiary/aromatic N) is 4. The van der Waals surface area contributed by atoms with E-state index in [4.69, 9.17) is 24.4 Å². The summed E-state index contributed by atoms with van der Waals surface area (Å²) < 4.78 is 10.1. The Hall–Kier alpha value is -6.54. The SMILES string of the molecule is c1ccc(-c2nc(-c3ccc4c(c3)sc3ccccc34)nc(-c3cccc4oc5ccc(-c6ccc(-c7nc8ccccc8s7)cc6)cc5c34)n2)cc1. The second-order valence-electron chi connectivity index (χ2n) is 13.0. The first-order chi connectivity index (χ1) is 26.2. The first kappa shape index (κ1) is 30.1. The molecule has 0 saturated carbocycles. The van der Waals surface area contributed by atoms with Gasteiger partial charge >= 0.3 is 0 Å². The van der Waals surface area contributed by atoms with Gasteiger partial charge < -0.3 is 4.42 Å². The van der Waals surface area contributed by atoms with Gasteiger partial charge in [-0.1, -0.05) is 115 Å². The highest BCUT2D eigenvalue weighted by molar-refractivity contribution is 7.25. The molecular weight excluding hydrogens is 689 g/mol. The van der Waals surface area contributed by atoms with Gasteiger partial charge in [0.1, 0.15) is 16.2 Å². The lowest BCUT2D eigenvalue weighted by Crippen LogP contribution is -2.00. The fraction of sp³-hybridized carbons (Fsp3) is 0. The van der Waals surface area contributed by atoms with E-state index in [-0.39, 0.29) is 0 Å². The molecule has 11 rings (SSSR count). The normalized spacial score (nSPS) is 11.8. The molecular formula is C46H26N4OS2. The zero-order valence-electron chi connectivity index (χ0n) is 28.0. The smallest absolute Gasteiger partial charge is 0.164 e. The molecule has 53 heavy (non-hydrogen) atoms. The van der Waals surface area contributed by atoms with E-state index in [1.807, 2.05) is 48.5 Å². The van der Waals surface area contributed by atoms with Gasteiger partial charge in [-0.25, -0.2) is 19.9 Å². The van der Waals surface area contributed by atoms with Gasteiger partial charge in [0, 0.05) is 53.2 Å². The van der Waals surface area contributed by atoms with Gasteiger partial charge in [0.05, 0.1) is 10.2 Å². The summed E-state index contributed by atoms with van der Waals surface area (Å²) in [7, 11) is 0. The van der Waals surface area contributed by atoms with Crippen LogP contribution < -0.4 is 0 Å². The van der Waals surface area contributed by atoms with Gasteiger partial charge in [-0.15, -0.1) is 22.7 Å². The maximum absolute atomic E-state index is 6.44. The third-order valence-corrected chi connectivity index (χ3v) is 12.0. The van der Waals surface area contributed by atoms with Gasteiger partial charge in [-0.3, -0.25) is 0 Å². The molecule has 11 aromatic rings. The molecule has 0 amide bonds. The summed E-state index contributed by atoms with van der Waals surface area (Å²) >= 11 is 3.51. The summed E-state index contributed by atoms with van der Waals surface area (Å²) in [6.07, 6.45) is 0. The van der Waals surface area contributed by atoms with E-state index < -0.39 is 0 Å². The number of fused-ring (bicyclic) bond motifs is 7. The van der Waals surface area contributed by atoms with Crippen molar-refractivity contribution in [2.75, 3.05) is 0 Å². The lowest BCUT2D eigenvalue weighted by Gasteiger charge is -2.09. The van der Waals surface area contributed by atoms with E-state index >= 15 is 0 Å². The maximum atomic E-state index is 6.44. The van der Waals surface area contributed by atoms with Gasteiger partial charge in [-0.2, -0.15) is 0 Å². The van der Waals surface area contributed by atoms with Crippen LogP contribution in [0.1, 0.15) is 0 Å². The third kappa shape index (κ3) is 5.12. The molecule has 0 radical (unpaired) electrons. The van der Waals surface area contributed by atoms with Crippen LogP contribution in [0.2, 0.25) is 0 Å². The van der Waals surface area contributed by atoms with Gasteiger partial charge in [-0.05, 0) is 53.6 Å². The van der Waals surface area contributed by atoms with Gasteiger partial charge in [0.2, 0.25) is 0 Å². The summed E-state index contributed by atoms with van der Waals surface area (Å²) in [5, 5.41) is 5.52. The summed E-state index contributed by atoms with van der Waals surface area (Å²) in [5.41, 5.74) is 8.74. The molecule has 0 unspecified atom stereocenters. The van der Waals surface area contributed by atoms with E-state index in [9.17, 15) is 0 Å². The molecule has 0 fully saturated rings. The van der Waals surface area contributed by atoms with Crippen LogP contribution >= 0.6 is 22.7 Å². The number of rotatable bonds is 5. The molecule has 7 heteroatoms. The Bertz CT molecular complexity index is 3150. The zero-order valence-corrected chi connectivity index (χ0v) is 29.7. The highest BCUT2D eigenvalue weighted by Gasteiger charge is 2.19. The van der Waals surface area contributed by atoms with Crippen molar-refractivity contribution >= 4 is 75.0 Å². The van der Waals surface area contributed by atoms with E-state index in [1.165, 1.54) is 24.9 Å². The Kier molecular flexibility index (Phi) is 6.83. The Labute approximate surface area is 311 Å². The molecule has 0 atom stereocenters. The van der Waals surface area contributed by atoms with E-state index in [0.29, 0.717) is 17.5 Å². The fourth-order valence-electron chi connectivity index (χ4n) is 7.20. The molecule has 0 aliphatic carbocycles. The lowest BCUT2D eigenvalue weighted by atomic mass is 10.00. The highest BCUT2D eigenvalue weighted by atomic mass is 32.1. The van der Waals surface area contributed by atoms with Crippen LogP contribution in [0.3, 0.4) is 0 Å². The molecule has 0 saturated heterocycles. The van der Waals surface area contributed by atoms with Crippen molar-refractivity contribution in [2.45, 2.75) is 0 Å². The van der Waals surface area contributed by atoms with Crippen LogP contribution in [0.25, 0.3) is 108 Å². The Morgan fingerprint density at radius 1 is 0.377 bits per heavy atom. The summed E-state index contributed by atoms with van der Waals surface area (Å²) in [5.74, 6) is 1.86. The molecule has 5 nitrogen and oxygen atoms in total. The summed E-state index contributed by atoms with van der Waals surface area (Å²) in [6.45, 7) is 0. The number of hydrogen-bond acceptors (Lipinski definition) is 7. The number of thiophene rings is 1. The van der Waals surface area contributed by atoms with Crippen LogP contribution in [0, 0.1) is 0 Å². The minimum absolute atomic E-state index is 0.601. The van der Waals surface area contributed by atoms with E-state index in [2.05, 4.69) is 109 Å². The minimum Gasteiger partial charge on any atom is -0.456 e. The van der Waals surface area contributed by atoms with Crippen LogP contribution in [0.4, 0.5) is 0 Å². The number of benzene rings is 7. The second-order valence-corrected chi connectivity index (χ2v) is 15.2. The first-order valence-electron chi connectivity index (χ1n) is 17.4. The maximum Gasteiger partial charge on any atom is 0.164 e. The Morgan fingerprint density at radius 3 is 1.94 bits per heavy atom. The molecule has 0 bridgehead atoms. The molecule has 0 N–H and O–H groups in total.